The molecule has 0 aromatic heterocycles. The van der Waals surface area contributed by atoms with Crippen LogP contribution in [0, 0.1) is 0 Å². The largest absolute Gasteiger partial charge is 0.494 e. The summed E-state index contributed by atoms with van der Waals surface area (Å²) in [6, 6.07) is 6.96. The minimum Gasteiger partial charge on any atom is -0.494 e. The fourth-order valence-electron chi connectivity index (χ4n) is 1.81. The molecular formula is C16H19N5O2. The van der Waals surface area contributed by atoms with Gasteiger partial charge in [-0.05, 0) is 24.1 Å². The lowest BCUT2D eigenvalue weighted by molar-refractivity contribution is 0.251. The van der Waals surface area contributed by atoms with Crippen molar-refractivity contribution in [2.24, 2.45) is 20.4 Å². The summed E-state index contributed by atoms with van der Waals surface area (Å²) in [5.74, 6) is 0.982. The topological polar surface area (TPSA) is 87.8 Å². The first-order valence-corrected chi connectivity index (χ1v) is 7.45. The molecule has 0 saturated carbocycles. The lowest BCUT2D eigenvalue weighted by atomic mass is 10.2. The molecule has 0 saturated heterocycles. The van der Waals surface area contributed by atoms with E-state index in [0.717, 1.165) is 30.6 Å². The van der Waals surface area contributed by atoms with Crippen molar-refractivity contribution in [2.75, 3.05) is 6.61 Å². The van der Waals surface area contributed by atoms with Crippen LogP contribution < -0.4 is 10.1 Å². The number of rotatable bonds is 7. The maximum Gasteiger partial charge on any atom is 0.365 e. The maximum atomic E-state index is 11.1. The van der Waals surface area contributed by atoms with Crippen LogP contribution in [0.1, 0.15) is 31.7 Å². The summed E-state index contributed by atoms with van der Waals surface area (Å²) in [5, 5.41) is 17.1. The van der Waals surface area contributed by atoms with Crippen molar-refractivity contribution in [3.8, 4) is 5.75 Å². The summed E-state index contributed by atoms with van der Waals surface area (Å²) in [6.45, 7) is 6.48. The Morgan fingerprint density at radius 2 is 2.22 bits per heavy atom. The molecule has 2 rings (SSSR count). The van der Waals surface area contributed by atoms with Gasteiger partial charge in [0.2, 0.25) is 0 Å². The molecule has 1 N–H and O–H groups in total. The van der Waals surface area contributed by atoms with Gasteiger partial charge in [-0.2, -0.15) is 5.10 Å². The Morgan fingerprint density at radius 1 is 1.35 bits per heavy atom. The predicted octanol–water partition coefficient (Wildman–Crippen LogP) is 3.68. The average molecular weight is 313 g/mol. The lowest BCUT2D eigenvalue weighted by Gasteiger charge is -2.07. The fraction of sp³-hybridized carbons (Fsp3) is 0.312. The van der Waals surface area contributed by atoms with Gasteiger partial charge in [0.15, 0.2) is 5.84 Å². The highest BCUT2D eigenvalue weighted by atomic mass is 16.5. The third-order valence-electron chi connectivity index (χ3n) is 3.00. The van der Waals surface area contributed by atoms with E-state index in [0.29, 0.717) is 6.61 Å². The van der Waals surface area contributed by atoms with Gasteiger partial charge in [-0.3, -0.25) is 5.32 Å². The quantitative estimate of drug-likeness (QED) is 0.473. The Labute approximate surface area is 134 Å². The first-order chi connectivity index (χ1) is 11.2. The average Bonchev–Trinajstić information content (AvgIpc) is 2.55. The van der Waals surface area contributed by atoms with Crippen molar-refractivity contribution >= 4 is 18.1 Å². The Kier molecular flexibility index (Phi) is 6.17. The highest BCUT2D eigenvalue weighted by molar-refractivity contribution is 6.08. The summed E-state index contributed by atoms with van der Waals surface area (Å²) in [4.78, 5) is 11.1. The molecular weight excluding hydrogens is 294 g/mol. The number of azo groups is 1. The Morgan fingerprint density at radius 3 is 3.04 bits per heavy atom. The zero-order valence-electron chi connectivity index (χ0n) is 13.0. The summed E-state index contributed by atoms with van der Waals surface area (Å²) in [5.41, 5.74) is 1.10. The molecule has 1 aromatic carbocycles. The Balaban J connectivity index is 1.96. The van der Waals surface area contributed by atoms with E-state index in [1.54, 1.807) is 6.21 Å². The fourth-order valence-corrected chi connectivity index (χ4v) is 1.81. The van der Waals surface area contributed by atoms with Gasteiger partial charge in [0, 0.05) is 0 Å². The van der Waals surface area contributed by atoms with Crippen LogP contribution in [0.5, 0.6) is 5.75 Å². The molecule has 7 nitrogen and oxygen atoms in total. The zero-order chi connectivity index (χ0) is 16.5. The molecule has 7 heteroatoms. The number of carbonyl (C=O) groups excluding carboxylic acids is 1. The third-order valence-corrected chi connectivity index (χ3v) is 3.00. The van der Waals surface area contributed by atoms with Crippen LogP contribution in [0.3, 0.4) is 0 Å². The van der Waals surface area contributed by atoms with Crippen LogP contribution in [-0.4, -0.2) is 24.7 Å². The highest BCUT2D eigenvalue weighted by Gasteiger charge is 2.13. The number of carbonyl (C=O) groups is 1. The molecule has 1 aliphatic rings. The van der Waals surface area contributed by atoms with Crippen molar-refractivity contribution in [1.82, 2.24) is 5.32 Å². The first-order valence-electron chi connectivity index (χ1n) is 7.45. The second kappa shape index (κ2) is 8.57. The van der Waals surface area contributed by atoms with Gasteiger partial charge in [0.25, 0.3) is 0 Å². The molecule has 1 heterocycles. The van der Waals surface area contributed by atoms with Crippen LogP contribution in [0.4, 0.5) is 4.79 Å². The van der Waals surface area contributed by atoms with Crippen LogP contribution in [0.25, 0.3) is 0 Å². The Bertz CT molecular complexity index is 664. The van der Waals surface area contributed by atoms with E-state index in [-0.39, 0.29) is 11.5 Å². The highest BCUT2D eigenvalue weighted by Crippen LogP contribution is 2.13. The molecule has 120 valence electrons. The van der Waals surface area contributed by atoms with Crippen molar-refractivity contribution in [2.45, 2.75) is 26.2 Å². The van der Waals surface area contributed by atoms with Gasteiger partial charge in [-0.15, -0.1) is 10.2 Å². The molecule has 0 fully saturated rings. The summed E-state index contributed by atoms with van der Waals surface area (Å²) in [6.07, 6.45) is 4.93. The third kappa shape index (κ3) is 5.46. The molecule has 23 heavy (non-hydrogen) atoms. The van der Waals surface area contributed by atoms with E-state index < -0.39 is 6.03 Å². The molecule has 1 aliphatic heterocycles. The number of nitrogens with zero attached hydrogens (tertiary/aromatic N) is 4. The maximum absolute atomic E-state index is 11.1. The number of urea groups is 1. The second-order valence-electron chi connectivity index (χ2n) is 4.90. The summed E-state index contributed by atoms with van der Waals surface area (Å²) >= 11 is 0. The standard InChI is InChI=1S/C16H19N5O2/c1-3-4-5-9-23-14-8-6-7-13(10-14)11-17-20-15-12(2)19-21-16(22)18-15/h6-8,10-11H,2-5,9H2,1H3,(H,18,20,22)/b17-11+. The van der Waals surface area contributed by atoms with Crippen LogP contribution >= 0.6 is 0 Å². The van der Waals surface area contributed by atoms with Crippen LogP contribution in [-0.2, 0) is 0 Å². The van der Waals surface area contributed by atoms with E-state index in [2.05, 4.69) is 39.3 Å². The number of benzene rings is 1. The van der Waals surface area contributed by atoms with Gasteiger partial charge < -0.3 is 4.74 Å². The van der Waals surface area contributed by atoms with Gasteiger partial charge in [-0.1, -0.05) is 43.6 Å². The van der Waals surface area contributed by atoms with Crippen molar-refractivity contribution in [1.29, 1.82) is 0 Å². The minimum atomic E-state index is -0.589. The second-order valence-corrected chi connectivity index (χ2v) is 4.90. The van der Waals surface area contributed by atoms with Gasteiger partial charge in [0.1, 0.15) is 11.4 Å². The van der Waals surface area contributed by atoms with E-state index in [4.69, 9.17) is 4.74 Å². The Hall–Kier alpha value is -2.83. The van der Waals surface area contributed by atoms with Crippen molar-refractivity contribution in [3.63, 3.8) is 0 Å². The monoisotopic (exact) mass is 313 g/mol. The number of nitrogens with one attached hydrogen (secondary N) is 1. The van der Waals surface area contributed by atoms with E-state index in [9.17, 15) is 4.79 Å². The van der Waals surface area contributed by atoms with Gasteiger partial charge in [0.05, 0.1) is 12.8 Å². The van der Waals surface area contributed by atoms with Crippen molar-refractivity contribution in [3.05, 3.63) is 42.1 Å². The number of hydrogen-bond donors (Lipinski definition) is 1. The normalized spacial score (nSPS) is 16.1. The zero-order valence-corrected chi connectivity index (χ0v) is 13.0. The SMILES string of the molecule is C=C1N=NC(=O)N/C1=N/N=C/c1cccc(OCCCCC)c1. The number of amides is 2. The molecule has 1 aromatic rings. The van der Waals surface area contributed by atoms with Crippen LogP contribution in [0.15, 0.2) is 57.0 Å². The predicted molar refractivity (Wildman–Crippen MR) is 89.0 cm³/mol. The van der Waals surface area contributed by atoms with Gasteiger partial charge in [-0.25, -0.2) is 4.79 Å². The minimum absolute atomic E-state index is 0.188. The molecule has 0 atom stereocenters. The molecule has 0 bridgehead atoms. The number of amidine groups is 1. The molecule has 0 unspecified atom stereocenters. The smallest absolute Gasteiger partial charge is 0.365 e. The number of hydrogen-bond acceptors (Lipinski definition) is 5. The summed E-state index contributed by atoms with van der Waals surface area (Å²) in [7, 11) is 0. The van der Waals surface area contributed by atoms with Crippen LogP contribution in [0.2, 0.25) is 0 Å². The van der Waals surface area contributed by atoms with Gasteiger partial charge >= 0.3 is 6.03 Å². The lowest BCUT2D eigenvalue weighted by Crippen LogP contribution is -2.31. The summed E-state index contributed by atoms with van der Waals surface area (Å²) < 4.78 is 5.68. The van der Waals surface area contributed by atoms with E-state index in [1.165, 1.54) is 0 Å². The molecule has 2 amide bonds. The number of unbranched alkanes of at least 4 members (excludes halogenated alkanes) is 2. The van der Waals surface area contributed by atoms with E-state index in [1.807, 2.05) is 24.3 Å². The molecule has 0 spiro atoms. The van der Waals surface area contributed by atoms with E-state index >= 15 is 0 Å². The first kappa shape index (κ1) is 16.5. The molecule has 0 aliphatic carbocycles. The number of ether oxygens (including phenoxy) is 1. The molecule has 0 radical (unpaired) electrons. The van der Waals surface area contributed by atoms with Crippen molar-refractivity contribution < 1.29 is 9.53 Å².